The van der Waals surface area contributed by atoms with Crippen molar-refractivity contribution in [2.24, 2.45) is 0 Å². The molecule has 23 heavy (non-hydrogen) atoms. The highest BCUT2D eigenvalue weighted by atomic mass is 16.3. The molecule has 1 heterocycles. The number of nitrogens with zero attached hydrogens (tertiary/aromatic N) is 1. The molecule has 0 unspecified atom stereocenters. The number of rotatable bonds is 3. The van der Waals surface area contributed by atoms with E-state index in [1.54, 1.807) is 0 Å². The number of aromatic nitrogens is 1. The quantitative estimate of drug-likeness (QED) is 0.501. The summed E-state index contributed by atoms with van der Waals surface area (Å²) in [6.07, 6.45) is 0.844. The van der Waals surface area contributed by atoms with Gasteiger partial charge in [0.2, 0.25) is 5.89 Å². The maximum absolute atomic E-state index is 10.8. The van der Waals surface area contributed by atoms with Gasteiger partial charge in [0.25, 0.3) is 0 Å². The highest BCUT2D eigenvalue weighted by molar-refractivity contribution is 5.84. The van der Waals surface area contributed by atoms with Gasteiger partial charge in [-0.1, -0.05) is 54.6 Å². The number of carbonyl (C=O) groups is 1. The first-order chi connectivity index (χ1) is 11.3. The van der Waals surface area contributed by atoms with E-state index in [1.807, 2.05) is 72.8 Å². The molecule has 0 bridgehead atoms. The lowest BCUT2D eigenvalue weighted by Gasteiger charge is -2.07. The molecule has 110 valence electrons. The molecule has 0 amide bonds. The van der Waals surface area contributed by atoms with Crippen LogP contribution in [0.5, 0.6) is 0 Å². The number of fused-ring (bicyclic) bond motifs is 1. The van der Waals surface area contributed by atoms with Crippen LogP contribution in [-0.2, 0) is 0 Å². The molecule has 0 fully saturated rings. The summed E-state index contributed by atoms with van der Waals surface area (Å²) in [5.41, 5.74) is 5.25. The summed E-state index contributed by atoms with van der Waals surface area (Å²) < 4.78 is 5.89. The zero-order chi connectivity index (χ0) is 15.6. The third kappa shape index (κ3) is 2.42. The van der Waals surface area contributed by atoms with Crippen LogP contribution in [0.15, 0.2) is 77.2 Å². The van der Waals surface area contributed by atoms with E-state index in [2.05, 4.69) is 4.98 Å². The molecule has 0 saturated carbocycles. The SMILES string of the molecule is O=Cc1ccc(-c2ccccc2-c2nc3ccccc3o2)cc1. The fourth-order valence-electron chi connectivity index (χ4n) is 2.65. The van der Waals surface area contributed by atoms with Crippen molar-refractivity contribution in [1.82, 2.24) is 4.98 Å². The van der Waals surface area contributed by atoms with Crippen LogP contribution in [0.25, 0.3) is 33.7 Å². The normalized spacial score (nSPS) is 10.8. The van der Waals surface area contributed by atoms with E-state index >= 15 is 0 Å². The lowest BCUT2D eigenvalue weighted by Crippen LogP contribution is -1.86. The van der Waals surface area contributed by atoms with Crippen molar-refractivity contribution in [2.45, 2.75) is 0 Å². The van der Waals surface area contributed by atoms with Gasteiger partial charge >= 0.3 is 0 Å². The van der Waals surface area contributed by atoms with Crippen LogP contribution in [0.3, 0.4) is 0 Å². The van der Waals surface area contributed by atoms with Crippen molar-refractivity contribution in [3.63, 3.8) is 0 Å². The molecule has 0 aliphatic carbocycles. The third-order valence-electron chi connectivity index (χ3n) is 3.81. The van der Waals surface area contributed by atoms with Crippen molar-refractivity contribution in [3.05, 3.63) is 78.4 Å². The summed E-state index contributed by atoms with van der Waals surface area (Å²) in [4.78, 5) is 15.4. The Morgan fingerprint density at radius 3 is 2.22 bits per heavy atom. The minimum absolute atomic E-state index is 0.598. The van der Waals surface area contributed by atoms with Gasteiger partial charge in [-0.05, 0) is 29.3 Å². The van der Waals surface area contributed by atoms with Crippen LogP contribution in [-0.4, -0.2) is 11.3 Å². The van der Waals surface area contributed by atoms with Crippen LogP contribution < -0.4 is 0 Å². The minimum Gasteiger partial charge on any atom is -0.436 e. The zero-order valence-corrected chi connectivity index (χ0v) is 12.3. The number of para-hydroxylation sites is 2. The van der Waals surface area contributed by atoms with E-state index < -0.39 is 0 Å². The molecule has 3 heteroatoms. The highest BCUT2D eigenvalue weighted by Crippen LogP contribution is 2.33. The molecule has 0 radical (unpaired) electrons. The number of aldehydes is 1. The first-order valence-corrected chi connectivity index (χ1v) is 7.36. The van der Waals surface area contributed by atoms with Crippen LogP contribution in [0.1, 0.15) is 10.4 Å². The number of hydrogen-bond acceptors (Lipinski definition) is 3. The van der Waals surface area contributed by atoms with Crippen molar-refractivity contribution in [2.75, 3.05) is 0 Å². The minimum atomic E-state index is 0.598. The summed E-state index contributed by atoms with van der Waals surface area (Å²) >= 11 is 0. The second-order valence-corrected chi connectivity index (χ2v) is 5.27. The van der Waals surface area contributed by atoms with Crippen molar-refractivity contribution >= 4 is 17.4 Å². The monoisotopic (exact) mass is 299 g/mol. The van der Waals surface area contributed by atoms with Crippen LogP contribution in [0, 0.1) is 0 Å². The predicted octanol–water partition coefficient (Wildman–Crippen LogP) is 4.97. The van der Waals surface area contributed by atoms with Gasteiger partial charge < -0.3 is 4.42 Å². The smallest absolute Gasteiger partial charge is 0.227 e. The Labute approximate surface area is 133 Å². The van der Waals surface area contributed by atoms with E-state index in [9.17, 15) is 4.79 Å². The lowest BCUT2D eigenvalue weighted by atomic mass is 9.99. The molecule has 0 spiro atoms. The summed E-state index contributed by atoms with van der Waals surface area (Å²) in [6, 6.07) is 23.2. The third-order valence-corrected chi connectivity index (χ3v) is 3.81. The van der Waals surface area contributed by atoms with Crippen molar-refractivity contribution in [1.29, 1.82) is 0 Å². The number of hydrogen-bond donors (Lipinski definition) is 0. The van der Waals surface area contributed by atoms with Gasteiger partial charge in [0.15, 0.2) is 5.58 Å². The Morgan fingerprint density at radius 1 is 0.783 bits per heavy atom. The molecule has 0 aliphatic rings. The first kappa shape index (κ1) is 13.5. The standard InChI is InChI=1S/C20H13NO2/c22-13-14-9-11-15(12-10-14)16-5-1-2-6-17(16)20-21-18-7-3-4-8-19(18)23-20/h1-13H. The molecule has 1 aromatic heterocycles. The van der Waals surface area contributed by atoms with Gasteiger partial charge in [0.05, 0.1) is 0 Å². The zero-order valence-electron chi connectivity index (χ0n) is 12.3. The van der Waals surface area contributed by atoms with Gasteiger partial charge in [-0.3, -0.25) is 4.79 Å². The second kappa shape index (κ2) is 5.54. The van der Waals surface area contributed by atoms with E-state index in [1.165, 1.54) is 0 Å². The maximum atomic E-state index is 10.8. The van der Waals surface area contributed by atoms with E-state index in [-0.39, 0.29) is 0 Å². The molecule has 4 aromatic rings. The number of benzene rings is 3. The second-order valence-electron chi connectivity index (χ2n) is 5.27. The Balaban J connectivity index is 1.87. The largest absolute Gasteiger partial charge is 0.436 e. The van der Waals surface area contributed by atoms with Crippen molar-refractivity contribution < 1.29 is 9.21 Å². The Morgan fingerprint density at radius 2 is 1.48 bits per heavy atom. The van der Waals surface area contributed by atoms with Gasteiger partial charge in [-0.15, -0.1) is 0 Å². The average molecular weight is 299 g/mol. The molecule has 4 rings (SSSR count). The van der Waals surface area contributed by atoms with Crippen LogP contribution >= 0.6 is 0 Å². The summed E-state index contributed by atoms with van der Waals surface area (Å²) in [6.45, 7) is 0. The fourth-order valence-corrected chi connectivity index (χ4v) is 2.65. The summed E-state index contributed by atoms with van der Waals surface area (Å²) in [5.74, 6) is 0.598. The molecule has 0 saturated heterocycles. The van der Waals surface area contributed by atoms with E-state index in [0.717, 1.165) is 34.1 Å². The molecule has 3 nitrogen and oxygen atoms in total. The molecule has 3 aromatic carbocycles. The molecule has 0 aliphatic heterocycles. The van der Waals surface area contributed by atoms with Gasteiger partial charge in [0, 0.05) is 11.1 Å². The Hall–Kier alpha value is -3.20. The van der Waals surface area contributed by atoms with Gasteiger partial charge in [-0.2, -0.15) is 0 Å². The van der Waals surface area contributed by atoms with Crippen LogP contribution in [0.2, 0.25) is 0 Å². The van der Waals surface area contributed by atoms with Crippen molar-refractivity contribution in [3.8, 4) is 22.6 Å². The van der Waals surface area contributed by atoms with E-state index in [0.29, 0.717) is 11.5 Å². The topological polar surface area (TPSA) is 43.1 Å². The number of carbonyl (C=O) groups excluding carboxylic acids is 1. The van der Waals surface area contributed by atoms with E-state index in [4.69, 9.17) is 4.42 Å². The molecular formula is C20H13NO2. The first-order valence-electron chi connectivity index (χ1n) is 7.36. The Bertz CT molecular complexity index is 951. The van der Waals surface area contributed by atoms with Crippen LogP contribution in [0.4, 0.5) is 0 Å². The Kier molecular flexibility index (Phi) is 3.24. The number of oxazole rings is 1. The summed E-state index contributed by atoms with van der Waals surface area (Å²) in [5, 5.41) is 0. The van der Waals surface area contributed by atoms with Gasteiger partial charge in [-0.25, -0.2) is 4.98 Å². The fraction of sp³-hybridized carbons (Fsp3) is 0. The van der Waals surface area contributed by atoms with Gasteiger partial charge in [0.1, 0.15) is 11.8 Å². The molecule has 0 N–H and O–H groups in total. The lowest BCUT2D eigenvalue weighted by molar-refractivity contribution is 0.112. The molecular weight excluding hydrogens is 286 g/mol. The average Bonchev–Trinajstić information content (AvgIpc) is 3.06. The maximum Gasteiger partial charge on any atom is 0.227 e. The predicted molar refractivity (Wildman–Crippen MR) is 90.3 cm³/mol. The highest BCUT2D eigenvalue weighted by Gasteiger charge is 2.13. The molecule has 0 atom stereocenters. The summed E-state index contributed by atoms with van der Waals surface area (Å²) in [7, 11) is 0.